The van der Waals surface area contributed by atoms with Gasteiger partial charge in [0.2, 0.25) is 0 Å². The third kappa shape index (κ3) is 5.89. The first-order valence-electron chi connectivity index (χ1n) is 12.3. The zero-order chi connectivity index (χ0) is 24.8. The van der Waals surface area contributed by atoms with Gasteiger partial charge >= 0.3 is 0 Å². The van der Waals surface area contributed by atoms with Crippen LogP contribution < -0.4 is 5.32 Å². The van der Waals surface area contributed by atoms with E-state index in [1.54, 1.807) is 0 Å². The SMILES string of the molecule is Cc1ccc(-n2nc(C)c(C(=O)NCCCN(Cc3ccccc3)C(C)C)c2-n2cccc2)cc1. The Bertz CT molecular complexity index is 1220. The van der Waals surface area contributed by atoms with E-state index in [1.807, 2.05) is 58.9 Å². The minimum Gasteiger partial charge on any atom is -0.352 e. The lowest BCUT2D eigenvalue weighted by atomic mass is 10.1. The highest BCUT2D eigenvalue weighted by Gasteiger charge is 2.23. The van der Waals surface area contributed by atoms with Crippen LogP contribution in [-0.2, 0) is 6.54 Å². The van der Waals surface area contributed by atoms with Crippen LogP contribution in [0.2, 0.25) is 0 Å². The third-order valence-electron chi connectivity index (χ3n) is 6.26. The molecular formula is C29H35N5O. The van der Waals surface area contributed by atoms with Crippen molar-refractivity contribution in [1.82, 2.24) is 24.6 Å². The van der Waals surface area contributed by atoms with Crippen LogP contribution in [0, 0.1) is 13.8 Å². The number of carbonyl (C=O) groups is 1. The van der Waals surface area contributed by atoms with Gasteiger partial charge in [-0.3, -0.25) is 9.69 Å². The van der Waals surface area contributed by atoms with Gasteiger partial charge in [0.05, 0.1) is 11.4 Å². The van der Waals surface area contributed by atoms with E-state index in [0.717, 1.165) is 31.0 Å². The molecule has 6 nitrogen and oxygen atoms in total. The number of aromatic nitrogens is 3. The first kappa shape index (κ1) is 24.5. The smallest absolute Gasteiger partial charge is 0.256 e. The summed E-state index contributed by atoms with van der Waals surface area (Å²) in [5.41, 5.74) is 4.72. The average Bonchev–Trinajstić information content (AvgIpc) is 3.49. The molecule has 0 spiro atoms. The quantitative estimate of drug-likeness (QED) is 0.320. The maximum atomic E-state index is 13.4. The number of amides is 1. The molecule has 4 rings (SSSR count). The normalized spacial score (nSPS) is 11.4. The number of hydrogen-bond donors (Lipinski definition) is 1. The second kappa shape index (κ2) is 11.2. The summed E-state index contributed by atoms with van der Waals surface area (Å²) in [6, 6.07) is 23.0. The summed E-state index contributed by atoms with van der Waals surface area (Å²) >= 11 is 0. The Labute approximate surface area is 208 Å². The van der Waals surface area contributed by atoms with Crippen molar-refractivity contribution in [3.8, 4) is 11.5 Å². The highest BCUT2D eigenvalue weighted by molar-refractivity contribution is 5.98. The molecule has 0 unspecified atom stereocenters. The van der Waals surface area contributed by atoms with Gasteiger partial charge in [0.1, 0.15) is 5.56 Å². The zero-order valence-corrected chi connectivity index (χ0v) is 21.1. The number of nitrogens with zero attached hydrogens (tertiary/aromatic N) is 4. The van der Waals surface area contributed by atoms with Crippen LogP contribution in [0.15, 0.2) is 79.1 Å². The van der Waals surface area contributed by atoms with E-state index in [-0.39, 0.29) is 5.91 Å². The summed E-state index contributed by atoms with van der Waals surface area (Å²) in [5.74, 6) is 0.658. The minimum atomic E-state index is -0.0938. The Balaban J connectivity index is 1.47. The van der Waals surface area contributed by atoms with Crippen LogP contribution in [0.25, 0.3) is 11.5 Å². The highest BCUT2D eigenvalue weighted by atomic mass is 16.1. The van der Waals surface area contributed by atoms with Gasteiger partial charge in [-0.1, -0.05) is 48.0 Å². The lowest BCUT2D eigenvalue weighted by molar-refractivity contribution is 0.0950. The third-order valence-corrected chi connectivity index (χ3v) is 6.26. The summed E-state index contributed by atoms with van der Waals surface area (Å²) < 4.78 is 3.80. The lowest BCUT2D eigenvalue weighted by Crippen LogP contribution is -2.34. The van der Waals surface area contributed by atoms with E-state index >= 15 is 0 Å². The van der Waals surface area contributed by atoms with Gasteiger partial charge in [0, 0.05) is 38.1 Å². The van der Waals surface area contributed by atoms with Gasteiger partial charge in [-0.05, 0) is 63.9 Å². The second-order valence-electron chi connectivity index (χ2n) is 9.28. The second-order valence-corrected chi connectivity index (χ2v) is 9.28. The summed E-state index contributed by atoms with van der Waals surface area (Å²) in [6.45, 7) is 10.8. The summed E-state index contributed by atoms with van der Waals surface area (Å²) in [6.07, 6.45) is 4.77. The van der Waals surface area contributed by atoms with Crippen molar-refractivity contribution in [1.29, 1.82) is 0 Å². The van der Waals surface area contributed by atoms with E-state index in [1.165, 1.54) is 11.1 Å². The van der Waals surface area contributed by atoms with Gasteiger partial charge in [-0.25, -0.2) is 4.68 Å². The Morgan fingerprint density at radius 2 is 1.66 bits per heavy atom. The van der Waals surface area contributed by atoms with E-state index in [0.29, 0.717) is 23.8 Å². The fourth-order valence-corrected chi connectivity index (χ4v) is 4.27. The van der Waals surface area contributed by atoms with Crippen molar-refractivity contribution in [2.75, 3.05) is 13.1 Å². The Kier molecular flexibility index (Phi) is 7.83. The van der Waals surface area contributed by atoms with Crippen LogP contribution in [-0.4, -0.2) is 44.3 Å². The Morgan fingerprint density at radius 3 is 2.31 bits per heavy atom. The molecule has 2 aromatic heterocycles. The summed E-state index contributed by atoms with van der Waals surface area (Å²) in [5, 5.41) is 7.88. The predicted molar refractivity (Wildman–Crippen MR) is 141 cm³/mol. The fraction of sp³-hybridized carbons (Fsp3) is 0.310. The van der Waals surface area contributed by atoms with Crippen LogP contribution in [0.1, 0.15) is 47.4 Å². The number of hydrogen-bond acceptors (Lipinski definition) is 3. The molecule has 0 aliphatic carbocycles. The number of aryl methyl sites for hydroxylation is 2. The van der Waals surface area contributed by atoms with Gasteiger partial charge in [0.15, 0.2) is 5.82 Å². The first-order chi connectivity index (χ1) is 16.9. The van der Waals surface area contributed by atoms with E-state index in [2.05, 4.69) is 67.4 Å². The molecular weight excluding hydrogens is 434 g/mol. The molecule has 2 aromatic carbocycles. The summed E-state index contributed by atoms with van der Waals surface area (Å²) in [4.78, 5) is 15.8. The molecule has 0 saturated heterocycles. The van der Waals surface area contributed by atoms with Crippen molar-refractivity contribution in [2.24, 2.45) is 0 Å². The largest absolute Gasteiger partial charge is 0.352 e. The van der Waals surface area contributed by atoms with Crippen LogP contribution in [0.3, 0.4) is 0 Å². The Hall–Kier alpha value is -3.64. The van der Waals surface area contributed by atoms with Crippen LogP contribution in [0.5, 0.6) is 0 Å². The van der Waals surface area contributed by atoms with Crippen molar-refractivity contribution >= 4 is 5.91 Å². The molecule has 0 saturated carbocycles. The maximum Gasteiger partial charge on any atom is 0.256 e. The zero-order valence-electron chi connectivity index (χ0n) is 21.1. The van der Waals surface area contributed by atoms with Crippen LogP contribution in [0.4, 0.5) is 0 Å². The molecule has 0 radical (unpaired) electrons. The molecule has 35 heavy (non-hydrogen) atoms. The van der Waals surface area contributed by atoms with E-state index in [9.17, 15) is 4.79 Å². The van der Waals surface area contributed by atoms with Crippen molar-refractivity contribution < 1.29 is 4.79 Å². The molecule has 2 heterocycles. The monoisotopic (exact) mass is 469 g/mol. The molecule has 0 aliphatic heterocycles. The van der Waals surface area contributed by atoms with Crippen LogP contribution >= 0.6 is 0 Å². The summed E-state index contributed by atoms with van der Waals surface area (Å²) in [7, 11) is 0. The van der Waals surface area contributed by atoms with Crippen molar-refractivity contribution in [3.05, 3.63) is 102 Å². The van der Waals surface area contributed by atoms with Crippen molar-refractivity contribution in [3.63, 3.8) is 0 Å². The molecule has 1 amide bonds. The predicted octanol–water partition coefficient (Wildman–Crippen LogP) is 5.31. The lowest BCUT2D eigenvalue weighted by Gasteiger charge is -2.26. The van der Waals surface area contributed by atoms with Gasteiger partial charge in [0.25, 0.3) is 5.91 Å². The average molecular weight is 470 g/mol. The van der Waals surface area contributed by atoms with E-state index in [4.69, 9.17) is 5.10 Å². The molecule has 0 bridgehead atoms. The molecule has 0 fully saturated rings. The number of carbonyl (C=O) groups excluding carboxylic acids is 1. The maximum absolute atomic E-state index is 13.4. The van der Waals surface area contributed by atoms with Gasteiger partial charge in [-0.15, -0.1) is 0 Å². The van der Waals surface area contributed by atoms with Crippen molar-refractivity contribution in [2.45, 2.75) is 46.7 Å². The van der Waals surface area contributed by atoms with Gasteiger partial charge < -0.3 is 9.88 Å². The Morgan fingerprint density at radius 1 is 0.971 bits per heavy atom. The molecule has 182 valence electrons. The molecule has 6 heteroatoms. The molecule has 4 aromatic rings. The number of benzene rings is 2. The minimum absolute atomic E-state index is 0.0938. The van der Waals surface area contributed by atoms with E-state index < -0.39 is 0 Å². The molecule has 0 atom stereocenters. The van der Waals surface area contributed by atoms with Gasteiger partial charge in [-0.2, -0.15) is 5.10 Å². The topological polar surface area (TPSA) is 55.1 Å². The fourth-order valence-electron chi connectivity index (χ4n) is 4.27. The first-order valence-corrected chi connectivity index (χ1v) is 12.3. The molecule has 0 aliphatic rings. The molecule has 1 N–H and O–H groups in total. The highest BCUT2D eigenvalue weighted by Crippen LogP contribution is 2.23. The number of rotatable bonds is 10. The standard InChI is InChI=1S/C29H35N5O/c1-22(2)33(21-25-11-6-5-7-12-25)20-10-17-30-28(35)27-24(4)31-34(26-15-13-23(3)14-16-26)29(27)32-18-8-9-19-32/h5-9,11-16,18-19,22H,10,17,20-21H2,1-4H3,(H,30,35). The number of nitrogens with one attached hydrogen (secondary N) is 1.